The number of halogens is 1. The molecular formula is C18H23BrN2O5. The van der Waals surface area contributed by atoms with Crippen LogP contribution in [0.25, 0.3) is 0 Å². The summed E-state index contributed by atoms with van der Waals surface area (Å²) in [6.45, 7) is 6.21. The van der Waals surface area contributed by atoms with Crippen LogP contribution in [0, 0.1) is 0 Å². The molecule has 142 valence electrons. The van der Waals surface area contributed by atoms with Crippen LogP contribution in [0.3, 0.4) is 0 Å². The van der Waals surface area contributed by atoms with E-state index in [1.165, 1.54) is 7.11 Å². The van der Waals surface area contributed by atoms with Crippen LogP contribution in [0.15, 0.2) is 27.9 Å². The summed E-state index contributed by atoms with van der Waals surface area (Å²) in [6, 6.07) is 2.52. The van der Waals surface area contributed by atoms with Crippen LogP contribution in [0.5, 0.6) is 11.5 Å². The lowest BCUT2D eigenvalue weighted by molar-refractivity contribution is -0.139. The summed E-state index contributed by atoms with van der Waals surface area (Å²) in [4.78, 5) is 24.6. The quantitative estimate of drug-likeness (QED) is 0.652. The summed E-state index contributed by atoms with van der Waals surface area (Å²) in [5.74, 6) is 0.604. The second-order valence-corrected chi connectivity index (χ2v) is 6.32. The van der Waals surface area contributed by atoms with Crippen molar-refractivity contribution in [1.29, 1.82) is 0 Å². The second kappa shape index (κ2) is 8.93. The van der Waals surface area contributed by atoms with Crippen molar-refractivity contribution in [2.24, 2.45) is 0 Å². The molecular weight excluding hydrogens is 404 g/mol. The summed E-state index contributed by atoms with van der Waals surface area (Å²) >= 11 is 3.48. The second-order valence-electron chi connectivity index (χ2n) is 5.46. The zero-order chi connectivity index (χ0) is 19.3. The van der Waals surface area contributed by atoms with Gasteiger partial charge in [0, 0.05) is 5.70 Å². The average Bonchev–Trinajstić information content (AvgIpc) is 2.62. The van der Waals surface area contributed by atoms with Crippen LogP contribution in [-0.2, 0) is 9.53 Å². The van der Waals surface area contributed by atoms with Crippen molar-refractivity contribution in [3.05, 3.63) is 33.4 Å². The highest BCUT2D eigenvalue weighted by Crippen LogP contribution is 2.40. The number of nitrogens with one attached hydrogen (secondary N) is 2. The van der Waals surface area contributed by atoms with Crippen molar-refractivity contribution in [2.75, 3.05) is 20.3 Å². The number of benzene rings is 1. The van der Waals surface area contributed by atoms with Gasteiger partial charge in [-0.05, 0) is 53.9 Å². The Balaban J connectivity index is 2.57. The van der Waals surface area contributed by atoms with Gasteiger partial charge in [0.05, 0.1) is 36.4 Å². The van der Waals surface area contributed by atoms with Gasteiger partial charge in [-0.1, -0.05) is 6.92 Å². The number of rotatable bonds is 7. The maximum atomic E-state index is 12.5. The number of hydrogen-bond acceptors (Lipinski definition) is 5. The Hall–Kier alpha value is -2.22. The number of methoxy groups -OCH3 is 1. The van der Waals surface area contributed by atoms with E-state index in [0.717, 1.165) is 0 Å². The molecule has 2 amide bonds. The Morgan fingerprint density at radius 1 is 1.23 bits per heavy atom. The Kier molecular flexibility index (Phi) is 6.90. The van der Waals surface area contributed by atoms with Gasteiger partial charge in [-0.25, -0.2) is 9.59 Å². The standard InChI is InChI=1S/C18H23BrN2O5/c1-5-12-14(17(22)26-7-3)15(21-18(23)20-12)10-8-11(19)16(25-6-2)13(9-10)24-4/h8-9,15H,5-7H2,1-4H3,(H2,20,21,23). The molecule has 1 aromatic carbocycles. The Bertz CT molecular complexity index is 733. The number of ether oxygens (including phenoxy) is 3. The minimum absolute atomic E-state index is 0.246. The third kappa shape index (κ3) is 4.12. The predicted molar refractivity (Wildman–Crippen MR) is 100 cm³/mol. The molecule has 26 heavy (non-hydrogen) atoms. The molecule has 1 atom stereocenters. The smallest absolute Gasteiger partial charge is 0.338 e. The topological polar surface area (TPSA) is 85.9 Å². The molecule has 0 saturated carbocycles. The first-order valence-electron chi connectivity index (χ1n) is 8.44. The highest BCUT2D eigenvalue weighted by Gasteiger charge is 2.34. The molecule has 1 heterocycles. The zero-order valence-electron chi connectivity index (χ0n) is 15.3. The summed E-state index contributed by atoms with van der Waals surface area (Å²) in [5.41, 5.74) is 1.61. The third-order valence-corrected chi connectivity index (χ3v) is 4.47. The van der Waals surface area contributed by atoms with Crippen molar-refractivity contribution < 1.29 is 23.8 Å². The molecule has 0 bridgehead atoms. The minimum Gasteiger partial charge on any atom is -0.493 e. The van der Waals surface area contributed by atoms with E-state index in [0.29, 0.717) is 45.8 Å². The molecule has 8 heteroatoms. The van der Waals surface area contributed by atoms with E-state index < -0.39 is 12.0 Å². The molecule has 1 unspecified atom stereocenters. The first-order chi connectivity index (χ1) is 12.5. The fourth-order valence-corrected chi connectivity index (χ4v) is 3.36. The van der Waals surface area contributed by atoms with E-state index in [9.17, 15) is 9.59 Å². The van der Waals surface area contributed by atoms with E-state index >= 15 is 0 Å². The molecule has 0 fully saturated rings. The predicted octanol–water partition coefficient (Wildman–Crippen LogP) is 3.44. The summed E-state index contributed by atoms with van der Waals surface area (Å²) < 4.78 is 16.9. The molecule has 0 aliphatic carbocycles. The SMILES string of the molecule is CCOC(=O)C1=C(CC)NC(=O)NC1c1cc(Br)c(OCC)c(OC)c1. The molecule has 2 N–H and O–H groups in total. The van der Waals surface area contributed by atoms with Gasteiger partial charge >= 0.3 is 12.0 Å². The lowest BCUT2D eigenvalue weighted by Crippen LogP contribution is -2.45. The van der Waals surface area contributed by atoms with E-state index in [1.807, 2.05) is 13.8 Å². The van der Waals surface area contributed by atoms with Gasteiger partial charge in [-0.2, -0.15) is 0 Å². The van der Waals surface area contributed by atoms with Crippen LogP contribution in [0.2, 0.25) is 0 Å². The maximum Gasteiger partial charge on any atom is 0.338 e. The maximum absolute atomic E-state index is 12.5. The molecule has 0 saturated heterocycles. The van der Waals surface area contributed by atoms with Gasteiger partial charge in [0.15, 0.2) is 11.5 Å². The third-order valence-electron chi connectivity index (χ3n) is 3.88. The number of carbonyl (C=O) groups excluding carboxylic acids is 2. The van der Waals surface area contributed by atoms with Gasteiger partial charge in [-0.15, -0.1) is 0 Å². The van der Waals surface area contributed by atoms with E-state index in [2.05, 4.69) is 26.6 Å². The monoisotopic (exact) mass is 426 g/mol. The molecule has 1 aromatic rings. The van der Waals surface area contributed by atoms with Crippen molar-refractivity contribution in [3.63, 3.8) is 0 Å². The Morgan fingerprint density at radius 2 is 1.96 bits per heavy atom. The minimum atomic E-state index is -0.654. The first-order valence-corrected chi connectivity index (χ1v) is 9.23. The fourth-order valence-electron chi connectivity index (χ4n) is 2.79. The first kappa shape index (κ1) is 20.1. The van der Waals surface area contributed by atoms with E-state index in [-0.39, 0.29) is 12.6 Å². The molecule has 2 rings (SSSR count). The van der Waals surface area contributed by atoms with Gasteiger partial charge in [-0.3, -0.25) is 0 Å². The molecule has 0 aromatic heterocycles. The molecule has 0 spiro atoms. The van der Waals surface area contributed by atoms with Crippen molar-refractivity contribution in [3.8, 4) is 11.5 Å². The number of esters is 1. The number of carbonyl (C=O) groups is 2. The van der Waals surface area contributed by atoms with Crippen molar-refractivity contribution in [1.82, 2.24) is 10.6 Å². The number of urea groups is 1. The highest BCUT2D eigenvalue weighted by molar-refractivity contribution is 9.10. The molecule has 0 radical (unpaired) electrons. The van der Waals surface area contributed by atoms with E-state index in [1.54, 1.807) is 19.1 Å². The van der Waals surface area contributed by atoms with Gasteiger partial charge < -0.3 is 24.8 Å². The molecule has 1 aliphatic rings. The van der Waals surface area contributed by atoms with Crippen LogP contribution in [0.1, 0.15) is 38.8 Å². The number of amides is 2. The van der Waals surface area contributed by atoms with Crippen molar-refractivity contribution >= 4 is 27.9 Å². The van der Waals surface area contributed by atoms with Crippen LogP contribution in [0.4, 0.5) is 4.79 Å². The van der Waals surface area contributed by atoms with E-state index in [4.69, 9.17) is 14.2 Å². The number of allylic oxidation sites excluding steroid dienone is 1. The van der Waals surface area contributed by atoms with Crippen LogP contribution in [-0.4, -0.2) is 32.3 Å². The van der Waals surface area contributed by atoms with Gasteiger partial charge in [0.2, 0.25) is 0 Å². The summed E-state index contributed by atoms with van der Waals surface area (Å²) in [6.07, 6.45) is 0.493. The lowest BCUT2D eigenvalue weighted by Gasteiger charge is -2.29. The number of hydrogen-bond donors (Lipinski definition) is 2. The van der Waals surface area contributed by atoms with Crippen LogP contribution < -0.4 is 20.1 Å². The summed E-state index contributed by atoms with van der Waals surface area (Å²) in [5, 5.41) is 5.48. The normalized spacial score (nSPS) is 16.7. The van der Waals surface area contributed by atoms with Gasteiger partial charge in [0.1, 0.15) is 0 Å². The van der Waals surface area contributed by atoms with Gasteiger partial charge in [0.25, 0.3) is 0 Å². The zero-order valence-corrected chi connectivity index (χ0v) is 16.9. The molecule has 1 aliphatic heterocycles. The average molecular weight is 427 g/mol. The Morgan fingerprint density at radius 3 is 2.54 bits per heavy atom. The molecule has 7 nitrogen and oxygen atoms in total. The fraction of sp³-hybridized carbons (Fsp3) is 0.444. The van der Waals surface area contributed by atoms with Crippen LogP contribution >= 0.6 is 15.9 Å². The lowest BCUT2D eigenvalue weighted by atomic mass is 9.94. The Labute approximate surface area is 161 Å². The summed E-state index contributed by atoms with van der Waals surface area (Å²) in [7, 11) is 1.54. The highest BCUT2D eigenvalue weighted by atomic mass is 79.9. The van der Waals surface area contributed by atoms with Crippen molar-refractivity contribution in [2.45, 2.75) is 33.2 Å². The largest absolute Gasteiger partial charge is 0.493 e.